The molecule has 2 aromatic rings. The first kappa shape index (κ1) is 25.6. The summed E-state index contributed by atoms with van der Waals surface area (Å²) in [5, 5.41) is 0. The number of carbonyl (C=O) groups is 1. The second-order valence-corrected chi connectivity index (χ2v) is 11.6. The summed E-state index contributed by atoms with van der Waals surface area (Å²) in [4.78, 5) is 25.6. The van der Waals surface area contributed by atoms with Crippen LogP contribution in [0.15, 0.2) is 30.5 Å². The zero-order chi connectivity index (χ0) is 26.2. The summed E-state index contributed by atoms with van der Waals surface area (Å²) in [6.45, 7) is 11.4. The number of rotatable bonds is 7. The highest BCUT2D eigenvalue weighted by molar-refractivity contribution is 5.69. The van der Waals surface area contributed by atoms with Gasteiger partial charge in [-0.2, -0.15) is 0 Å². The Bertz CT molecular complexity index is 1120. The van der Waals surface area contributed by atoms with Crippen molar-refractivity contribution in [2.45, 2.75) is 64.8 Å². The molecule has 1 aliphatic carbocycles. The maximum atomic E-state index is 12.3. The van der Waals surface area contributed by atoms with Crippen LogP contribution in [0.4, 0.5) is 4.79 Å². The van der Waals surface area contributed by atoms with E-state index in [-0.39, 0.29) is 23.7 Å². The van der Waals surface area contributed by atoms with E-state index in [2.05, 4.69) is 16.9 Å². The first-order chi connectivity index (χ1) is 17.6. The Morgan fingerprint density at radius 2 is 1.89 bits per heavy atom. The second-order valence-electron chi connectivity index (χ2n) is 11.6. The average Bonchev–Trinajstić information content (AvgIpc) is 3.19. The van der Waals surface area contributed by atoms with Gasteiger partial charge in [-0.25, -0.2) is 14.8 Å². The number of likely N-dealkylation sites (N-methyl/N-ethyl adjacent to an activating group) is 1. The summed E-state index contributed by atoms with van der Waals surface area (Å²) in [5.74, 6) is 1.72. The number of hydrogen-bond donors (Lipinski definition) is 0. The topological polar surface area (TPSA) is 86.2 Å². The van der Waals surface area contributed by atoms with Gasteiger partial charge in [0.15, 0.2) is 5.75 Å². The van der Waals surface area contributed by atoms with Crippen LogP contribution in [0.1, 0.15) is 47.0 Å². The van der Waals surface area contributed by atoms with Crippen LogP contribution in [0.2, 0.25) is 0 Å². The quantitative estimate of drug-likeness (QED) is 0.542. The van der Waals surface area contributed by atoms with Crippen molar-refractivity contribution in [3.63, 3.8) is 0 Å². The van der Waals surface area contributed by atoms with E-state index in [4.69, 9.17) is 23.9 Å². The van der Waals surface area contributed by atoms with E-state index in [1.807, 2.05) is 52.0 Å². The Labute approximate surface area is 219 Å². The van der Waals surface area contributed by atoms with Crippen LogP contribution in [0.5, 0.6) is 17.5 Å². The lowest BCUT2D eigenvalue weighted by atomic mass is 9.62. The normalized spacial score (nSPS) is 21.3. The SMILES string of the molecule is CCOc1ncccc1-c1ccc(OC2CC3(C2)CN(C(=O)OC(C)(C)C)C3)c(OC2CCN(C)C2)n1. The molecule has 1 atom stereocenters. The van der Waals surface area contributed by atoms with E-state index in [9.17, 15) is 4.79 Å². The number of carbonyl (C=O) groups excluding carboxylic acids is 1. The Kier molecular flexibility index (Phi) is 6.91. The van der Waals surface area contributed by atoms with Gasteiger partial charge in [-0.3, -0.25) is 0 Å². The third kappa shape index (κ3) is 5.76. The van der Waals surface area contributed by atoms with Crippen LogP contribution in [-0.4, -0.2) is 83.5 Å². The van der Waals surface area contributed by atoms with Crippen LogP contribution < -0.4 is 14.2 Å². The van der Waals surface area contributed by atoms with Crippen LogP contribution in [0, 0.1) is 5.41 Å². The molecule has 1 spiro atoms. The summed E-state index contributed by atoms with van der Waals surface area (Å²) in [6, 6.07) is 7.71. The summed E-state index contributed by atoms with van der Waals surface area (Å²) in [7, 11) is 2.10. The molecule has 0 bridgehead atoms. The fourth-order valence-electron chi connectivity index (χ4n) is 5.38. The molecule has 0 N–H and O–H groups in total. The molecule has 200 valence electrons. The van der Waals surface area contributed by atoms with Gasteiger partial charge in [-0.1, -0.05) is 0 Å². The summed E-state index contributed by atoms with van der Waals surface area (Å²) >= 11 is 0. The van der Waals surface area contributed by atoms with Crippen LogP contribution in [-0.2, 0) is 4.74 Å². The standard InChI is InChI=1S/C28H38N4O5/c1-6-34-24-21(8-7-12-29-24)22-9-10-23(25(30-22)36-19-11-13-31(5)16-19)35-20-14-28(15-20)17-32(18-28)26(33)37-27(2,3)4/h7-10,12,19-20H,6,11,13-18H2,1-5H3. The number of pyridine rings is 2. The van der Waals surface area contributed by atoms with Crippen LogP contribution in [0.3, 0.4) is 0 Å². The maximum absolute atomic E-state index is 12.3. The highest BCUT2D eigenvalue weighted by Crippen LogP contribution is 2.50. The zero-order valence-corrected chi connectivity index (χ0v) is 22.5. The monoisotopic (exact) mass is 510 g/mol. The molecule has 1 saturated carbocycles. The Balaban J connectivity index is 1.27. The van der Waals surface area contributed by atoms with Gasteiger partial charge in [0.1, 0.15) is 17.8 Å². The van der Waals surface area contributed by atoms with Crippen molar-refractivity contribution in [3.8, 4) is 28.8 Å². The molecule has 1 amide bonds. The predicted molar refractivity (Wildman–Crippen MR) is 139 cm³/mol. The predicted octanol–water partition coefficient (Wildman–Crippen LogP) is 4.40. The molecular weight excluding hydrogens is 472 g/mol. The van der Waals surface area contributed by atoms with Gasteiger partial charge in [0.05, 0.1) is 17.9 Å². The lowest BCUT2D eigenvalue weighted by Gasteiger charge is -2.58. The van der Waals surface area contributed by atoms with Crippen molar-refractivity contribution in [1.29, 1.82) is 0 Å². The Hall–Kier alpha value is -3.07. The highest BCUT2D eigenvalue weighted by Gasteiger charge is 2.55. The number of nitrogens with zero attached hydrogens (tertiary/aromatic N) is 4. The largest absolute Gasteiger partial charge is 0.485 e. The molecule has 9 heteroatoms. The van der Waals surface area contributed by atoms with E-state index < -0.39 is 5.60 Å². The number of hydrogen-bond acceptors (Lipinski definition) is 8. The van der Waals surface area contributed by atoms with Gasteiger partial charge in [0, 0.05) is 37.8 Å². The van der Waals surface area contributed by atoms with Gasteiger partial charge in [-0.15, -0.1) is 0 Å². The van der Waals surface area contributed by atoms with Crippen molar-refractivity contribution in [1.82, 2.24) is 19.8 Å². The third-order valence-electron chi connectivity index (χ3n) is 7.10. The van der Waals surface area contributed by atoms with Crippen molar-refractivity contribution >= 4 is 6.09 Å². The van der Waals surface area contributed by atoms with Crippen molar-refractivity contribution in [3.05, 3.63) is 30.5 Å². The molecule has 37 heavy (non-hydrogen) atoms. The maximum Gasteiger partial charge on any atom is 0.410 e. The zero-order valence-electron chi connectivity index (χ0n) is 22.5. The average molecular weight is 511 g/mol. The summed E-state index contributed by atoms with van der Waals surface area (Å²) in [5.41, 5.74) is 1.21. The third-order valence-corrected chi connectivity index (χ3v) is 7.10. The molecule has 2 aliphatic heterocycles. The summed E-state index contributed by atoms with van der Waals surface area (Å²) in [6.07, 6.45) is 4.37. The lowest BCUT2D eigenvalue weighted by molar-refractivity contribution is -0.117. The second kappa shape index (κ2) is 10.0. The van der Waals surface area contributed by atoms with Gasteiger partial charge in [0.25, 0.3) is 5.88 Å². The summed E-state index contributed by atoms with van der Waals surface area (Å²) < 4.78 is 24.0. The van der Waals surface area contributed by atoms with Crippen LogP contribution in [0.25, 0.3) is 11.3 Å². The molecule has 4 heterocycles. The van der Waals surface area contributed by atoms with Gasteiger partial charge >= 0.3 is 6.09 Å². The molecule has 5 rings (SSSR count). The van der Waals surface area contributed by atoms with E-state index >= 15 is 0 Å². The van der Waals surface area contributed by atoms with E-state index in [0.717, 1.165) is 56.7 Å². The smallest absolute Gasteiger partial charge is 0.410 e. The first-order valence-electron chi connectivity index (χ1n) is 13.2. The minimum atomic E-state index is -0.478. The molecular formula is C28H38N4O5. The minimum Gasteiger partial charge on any atom is -0.485 e. The lowest BCUT2D eigenvalue weighted by Crippen LogP contribution is -2.66. The van der Waals surface area contributed by atoms with Gasteiger partial charge < -0.3 is 28.7 Å². The Morgan fingerprint density at radius 1 is 1.11 bits per heavy atom. The number of aromatic nitrogens is 2. The first-order valence-corrected chi connectivity index (χ1v) is 13.2. The molecule has 3 aliphatic rings. The molecule has 0 radical (unpaired) electrons. The molecule has 9 nitrogen and oxygen atoms in total. The van der Waals surface area contributed by atoms with Crippen LogP contribution >= 0.6 is 0 Å². The number of amides is 1. The number of ether oxygens (including phenoxy) is 4. The molecule has 2 aromatic heterocycles. The Morgan fingerprint density at radius 3 is 2.57 bits per heavy atom. The van der Waals surface area contributed by atoms with E-state index in [1.54, 1.807) is 11.1 Å². The minimum absolute atomic E-state index is 0.0668. The fourth-order valence-corrected chi connectivity index (χ4v) is 5.38. The van der Waals surface area contributed by atoms with Gasteiger partial charge in [-0.05, 0) is 78.3 Å². The molecule has 1 unspecified atom stereocenters. The fraction of sp³-hybridized carbons (Fsp3) is 0.607. The molecule has 0 aromatic carbocycles. The van der Waals surface area contributed by atoms with Crippen molar-refractivity contribution in [2.24, 2.45) is 5.41 Å². The van der Waals surface area contributed by atoms with Crippen molar-refractivity contribution < 1.29 is 23.7 Å². The van der Waals surface area contributed by atoms with Crippen molar-refractivity contribution in [2.75, 3.05) is 39.8 Å². The van der Waals surface area contributed by atoms with E-state index in [1.165, 1.54) is 0 Å². The highest BCUT2D eigenvalue weighted by atomic mass is 16.6. The van der Waals surface area contributed by atoms with Gasteiger partial charge in [0.2, 0.25) is 5.88 Å². The molecule has 2 saturated heterocycles. The number of likely N-dealkylation sites (tertiary alicyclic amines) is 2. The molecule has 3 fully saturated rings. The van der Waals surface area contributed by atoms with E-state index in [0.29, 0.717) is 24.1 Å².